The highest BCUT2D eigenvalue weighted by Gasteiger charge is 2.39. The van der Waals surface area contributed by atoms with E-state index < -0.39 is 11.6 Å². The molecule has 1 aliphatic rings. The number of hydrogen-bond acceptors (Lipinski definition) is 3. The van der Waals surface area contributed by atoms with Crippen LogP contribution in [0.5, 0.6) is 0 Å². The van der Waals surface area contributed by atoms with Gasteiger partial charge in [-0.05, 0) is 32.1 Å². The molecule has 0 aromatic heterocycles. The Kier molecular flexibility index (Phi) is 5.14. The molecule has 1 amide bonds. The summed E-state index contributed by atoms with van der Waals surface area (Å²) in [7, 11) is 0. The van der Waals surface area contributed by atoms with Crippen LogP contribution in [0.25, 0.3) is 0 Å². The van der Waals surface area contributed by atoms with E-state index in [2.05, 4.69) is 0 Å². The first kappa shape index (κ1) is 15.0. The number of rotatable bonds is 5. The molecule has 0 aromatic carbocycles. The molecule has 5 nitrogen and oxygen atoms in total. The molecule has 1 saturated heterocycles. The average molecular weight is 257 g/mol. The van der Waals surface area contributed by atoms with Crippen molar-refractivity contribution in [2.45, 2.75) is 45.6 Å². The summed E-state index contributed by atoms with van der Waals surface area (Å²) in [5, 5.41) is 8.89. The zero-order valence-corrected chi connectivity index (χ0v) is 11.4. The van der Waals surface area contributed by atoms with Crippen molar-refractivity contribution in [2.24, 2.45) is 5.92 Å². The van der Waals surface area contributed by atoms with Gasteiger partial charge in [-0.1, -0.05) is 13.8 Å². The largest absolute Gasteiger partial charge is 0.480 e. The van der Waals surface area contributed by atoms with Crippen molar-refractivity contribution >= 4 is 11.9 Å². The van der Waals surface area contributed by atoms with Crippen molar-refractivity contribution in [3.8, 4) is 0 Å². The number of nitrogens with zero attached hydrogens (tertiary/aromatic N) is 1. The van der Waals surface area contributed by atoms with Crippen LogP contribution in [0.1, 0.15) is 40.0 Å². The third-order valence-corrected chi connectivity index (χ3v) is 3.12. The van der Waals surface area contributed by atoms with E-state index >= 15 is 0 Å². The molecule has 1 fully saturated rings. The second kappa shape index (κ2) is 6.18. The molecule has 0 bridgehead atoms. The van der Waals surface area contributed by atoms with E-state index in [-0.39, 0.29) is 18.4 Å². The van der Waals surface area contributed by atoms with Crippen LogP contribution in [0.2, 0.25) is 0 Å². The molecule has 1 rings (SSSR count). The molecule has 0 spiro atoms. The lowest BCUT2D eigenvalue weighted by molar-refractivity contribution is -0.165. The highest BCUT2D eigenvalue weighted by atomic mass is 16.5. The number of carbonyl (C=O) groups is 2. The maximum Gasteiger partial charge on any atom is 0.323 e. The quantitative estimate of drug-likeness (QED) is 0.810. The molecule has 104 valence electrons. The molecule has 0 aliphatic carbocycles. The number of carbonyl (C=O) groups excluding carboxylic acids is 1. The summed E-state index contributed by atoms with van der Waals surface area (Å²) in [5.74, 6) is -0.942. The lowest BCUT2D eigenvalue weighted by Crippen LogP contribution is -2.52. The highest BCUT2D eigenvalue weighted by molar-refractivity contribution is 5.87. The van der Waals surface area contributed by atoms with Gasteiger partial charge in [0.05, 0.1) is 0 Å². The predicted octanol–water partition coefficient (Wildman–Crippen LogP) is 1.51. The summed E-state index contributed by atoms with van der Waals surface area (Å²) in [5.41, 5.74) is -0.845. The van der Waals surface area contributed by atoms with E-state index in [9.17, 15) is 9.59 Å². The van der Waals surface area contributed by atoms with Crippen LogP contribution >= 0.6 is 0 Å². The van der Waals surface area contributed by atoms with Crippen LogP contribution in [0.4, 0.5) is 0 Å². The van der Waals surface area contributed by atoms with Crippen molar-refractivity contribution < 1.29 is 19.4 Å². The minimum absolute atomic E-state index is 0.196. The minimum Gasteiger partial charge on any atom is -0.480 e. The number of hydrogen-bond donors (Lipinski definition) is 1. The van der Waals surface area contributed by atoms with Gasteiger partial charge in [-0.25, -0.2) is 0 Å². The van der Waals surface area contributed by atoms with Crippen molar-refractivity contribution in [3.63, 3.8) is 0 Å². The highest BCUT2D eigenvalue weighted by Crippen LogP contribution is 2.26. The second-order valence-electron chi connectivity index (χ2n) is 5.51. The van der Waals surface area contributed by atoms with E-state index in [4.69, 9.17) is 9.84 Å². The molecule has 18 heavy (non-hydrogen) atoms. The van der Waals surface area contributed by atoms with E-state index in [1.165, 1.54) is 4.90 Å². The maximum absolute atomic E-state index is 12.4. The zero-order chi connectivity index (χ0) is 13.8. The van der Waals surface area contributed by atoms with Gasteiger partial charge in [-0.2, -0.15) is 0 Å². The summed E-state index contributed by atoms with van der Waals surface area (Å²) in [6.07, 6.45) is 2.58. The van der Waals surface area contributed by atoms with E-state index in [1.807, 2.05) is 13.8 Å². The van der Waals surface area contributed by atoms with E-state index in [0.717, 1.165) is 12.8 Å². The average Bonchev–Trinajstić information content (AvgIpc) is 2.27. The number of ether oxygens (including phenoxy) is 1. The Labute approximate surface area is 108 Å². The molecule has 5 heteroatoms. The molecular formula is C13H23NO4. The molecule has 0 unspecified atom stereocenters. The Morgan fingerprint density at radius 3 is 2.50 bits per heavy atom. The van der Waals surface area contributed by atoms with Crippen LogP contribution in [0.3, 0.4) is 0 Å². The fourth-order valence-corrected chi connectivity index (χ4v) is 2.26. The third-order valence-electron chi connectivity index (χ3n) is 3.12. The summed E-state index contributed by atoms with van der Waals surface area (Å²) in [4.78, 5) is 24.7. The van der Waals surface area contributed by atoms with Gasteiger partial charge in [-0.3, -0.25) is 9.59 Å². The van der Waals surface area contributed by atoms with Crippen LogP contribution in [0, 0.1) is 5.92 Å². The maximum atomic E-state index is 12.4. The first-order valence-electron chi connectivity index (χ1n) is 6.50. The van der Waals surface area contributed by atoms with Gasteiger partial charge in [-0.15, -0.1) is 0 Å². The summed E-state index contributed by atoms with van der Waals surface area (Å²) >= 11 is 0. The van der Waals surface area contributed by atoms with Crippen molar-refractivity contribution in [1.29, 1.82) is 0 Å². The normalized spacial score (nSPS) is 24.0. The molecule has 0 saturated carbocycles. The van der Waals surface area contributed by atoms with Gasteiger partial charge in [0.15, 0.2) is 0 Å². The van der Waals surface area contributed by atoms with Crippen molar-refractivity contribution in [3.05, 3.63) is 0 Å². The molecule has 1 atom stereocenters. The molecule has 0 aromatic rings. The summed E-state index contributed by atoms with van der Waals surface area (Å²) < 4.78 is 5.59. The van der Waals surface area contributed by atoms with Gasteiger partial charge >= 0.3 is 5.97 Å². The number of carboxylic acid groups (broad SMARTS) is 1. The van der Waals surface area contributed by atoms with E-state index in [0.29, 0.717) is 19.6 Å². The van der Waals surface area contributed by atoms with Gasteiger partial charge in [0, 0.05) is 13.2 Å². The monoisotopic (exact) mass is 257 g/mol. The molecular weight excluding hydrogens is 234 g/mol. The number of aliphatic carboxylic acids is 1. The fourth-order valence-electron chi connectivity index (χ4n) is 2.26. The van der Waals surface area contributed by atoms with Crippen LogP contribution in [-0.4, -0.2) is 47.2 Å². The van der Waals surface area contributed by atoms with Crippen LogP contribution < -0.4 is 0 Å². The zero-order valence-electron chi connectivity index (χ0n) is 11.4. The Hall–Kier alpha value is -1.10. The predicted molar refractivity (Wildman–Crippen MR) is 67.3 cm³/mol. The first-order valence-corrected chi connectivity index (χ1v) is 6.50. The van der Waals surface area contributed by atoms with Crippen molar-refractivity contribution in [2.75, 3.05) is 19.7 Å². The topological polar surface area (TPSA) is 66.8 Å². The van der Waals surface area contributed by atoms with Crippen molar-refractivity contribution in [1.82, 2.24) is 4.90 Å². The van der Waals surface area contributed by atoms with E-state index in [1.54, 1.807) is 6.92 Å². The smallest absolute Gasteiger partial charge is 0.323 e. The van der Waals surface area contributed by atoms with Gasteiger partial charge in [0.1, 0.15) is 12.1 Å². The number of carboxylic acids is 1. The van der Waals surface area contributed by atoms with Gasteiger partial charge < -0.3 is 14.7 Å². The minimum atomic E-state index is -0.983. The Morgan fingerprint density at radius 1 is 1.39 bits per heavy atom. The standard InChI is InChI=1S/C13H23NO4/c1-10(2)8-14(9-11(15)16)12(17)13(3)6-4-5-7-18-13/h10H,4-9H2,1-3H3,(H,15,16)/t13-/m0/s1. The lowest BCUT2D eigenvalue weighted by Gasteiger charge is -2.37. The first-order chi connectivity index (χ1) is 8.35. The summed E-state index contributed by atoms with van der Waals surface area (Å²) in [6, 6.07) is 0. The fraction of sp³-hybridized carbons (Fsp3) is 0.846. The summed E-state index contributed by atoms with van der Waals surface area (Å²) in [6.45, 7) is 6.47. The Morgan fingerprint density at radius 2 is 2.06 bits per heavy atom. The lowest BCUT2D eigenvalue weighted by atomic mass is 9.94. The molecule has 1 aliphatic heterocycles. The number of amides is 1. The van der Waals surface area contributed by atoms with Gasteiger partial charge in [0.2, 0.25) is 0 Å². The van der Waals surface area contributed by atoms with Gasteiger partial charge in [0.25, 0.3) is 5.91 Å². The van der Waals surface area contributed by atoms with Crippen LogP contribution in [0.15, 0.2) is 0 Å². The molecule has 1 N–H and O–H groups in total. The SMILES string of the molecule is CC(C)CN(CC(=O)O)C(=O)[C@]1(C)CCCCO1. The van der Waals surface area contributed by atoms with Crippen LogP contribution in [-0.2, 0) is 14.3 Å². The second-order valence-corrected chi connectivity index (χ2v) is 5.51. The third kappa shape index (κ3) is 3.98. The Balaban J connectivity index is 2.76. The molecule has 1 heterocycles. The molecule has 0 radical (unpaired) electrons. The Bertz CT molecular complexity index is 308.